The SMILES string of the molecule is Nc1ccncc1Cc1sccc1Br. The molecule has 0 bridgehead atoms. The molecule has 72 valence electrons. The van der Waals surface area contributed by atoms with Crippen LogP contribution in [0.1, 0.15) is 10.4 Å². The number of halogens is 1. The smallest absolute Gasteiger partial charge is 0.0381 e. The maximum atomic E-state index is 5.84. The van der Waals surface area contributed by atoms with Gasteiger partial charge in [0.15, 0.2) is 0 Å². The van der Waals surface area contributed by atoms with Crippen molar-refractivity contribution in [2.24, 2.45) is 0 Å². The topological polar surface area (TPSA) is 38.9 Å². The minimum atomic E-state index is 0.806. The first-order chi connectivity index (χ1) is 6.77. The zero-order valence-electron chi connectivity index (χ0n) is 7.40. The highest BCUT2D eigenvalue weighted by molar-refractivity contribution is 9.10. The molecule has 2 nitrogen and oxygen atoms in total. The van der Waals surface area contributed by atoms with Gasteiger partial charge in [-0.1, -0.05) is 0 Å². The summed E-state index contributed by atoms with van der Waals surface area (Å²) < 4.78 is 1.14. The lowest BCUT2D eigenvalue weighted by atomic mass is 10.1. The van der Waals surface area contributed by atoms with Crippen molar-refractivity contribution in [3.63, 3.8) is 0 Å². The fourth-order valence-electron chi connectivity index (χ4n) is 1.21. The second-order valence-corrected chi connectivity index (χ2v) is 4.80. The molecule has 4 heteroatoms. The van der Waals surface area contributed by atoms with Crippen LogP contribution in [0.4, 0.5) is 5.69 Å². The summed E-state index contributed by atoms with van der Waals surface area (Å²) in [5.41, 5.74) is 7.72. The third-order valence-corrected chi connectivity index (χ3v) is 3.91. The fraction of sp³-hybridized carbons (Fsp3) is 0.100. The van der Waals surface area contributed by atoms with Gasteiger partial charge in [0.25, 0.3) is 0 Å². The van der Waals surface area contributed by atoms with Gasteiger partial charge in [-0.2, -0.15) is 0 Å². The third-order valence-electron chi connectivity index (χ3n) is 1.98. The molecule has 0 aliphatic rings. The van der Waals surface area contributed by atoms with Gasteiger partial charge >= 0.3 is 0 Å². The van der Waals surface area contributed by atoms with Gasteiger partial charge in [0.1, 0.15) is 0 Å². The van der Waals surface area contributed by atoms with Crippen LogP contribution >= 0.6 is 27.3 Å². The Morgan fingerprint density at radius 2 is 2.29 bits per heavy atom. The number of pyridine rings is 1. The number of nitrogens with two attached hydrogens (primary N) is 1. The van der Waals surface area contributed by atoms with Crippen molar-refractivity contribution >= 4 is 33.0 Å². The van der Waals surface area contributed by atoms with E-state index in [0.717, 1.165) is 22.1 Å². The van der Waals surface area contributed by atoms with Gasteiger partial charge in [0, 0.05) is 33.9 Å². The predicted octanol–water partition coefficient (Wildman–Crippen LogP) is 3.08. The van der Waals surface area contributed by atoms with Gasteiger partial charge in [0.05, 0.1) is 0 Å². The van der Waals surface area contributed by atoms with Crippen LogP contribution in [-0.4, -0.2) is 4.98 Å². The lowest BCUT2D eigenvalue weighted by Gasteiger charge is -2.02. The minimum Gasteiger partial charge on any atom is -0.398 e. The Balaban J connectivity index is 2.28. The lowest BCUT2D eigenvalue weighted by molar-refractivity contribution is 1.17. The highest BCUT2D eigenvalue weighted by atomic mass is 79.9. The van der Waals surface area contributed by atoms with E-state index >= 15 is 0 Å². The van der Waals surface area contributed by atoms with Crippen LogP contribution in [0.3, 0.4) is 0 Å². The van der Waals surface area contributed by atoms with E-state index in [1.165, 1.54) is 4.88 Å². The summed E-state index contributed by atoms with van der Waals surface area (Å²) in [5, 5.41) is 2.06. The molecule has 2 heterocycles. The number of hydrogen-bond acceptors (Lipinski definition) is 3. The molecule has 0 atom stereocenters. The van der Waals surface area contributed by atoms with Gasteiger partial charge < -0.3 is 5.73 Å². The second-order valence-electron chi connectivity index (χ2n) is 2.94. The van der Waals surface area contributed by atoms with E-state index in [0.29, 0.717) is 0 Å². The standard InChI is InChI=1S/C10H9BrN2S/c11-8-2-4-14-10(8)5-7-6-13-3-1-9(7)12/h1-4,6H,5H2,(H2,12,13). The molecule has 2 aromatic heterocycles. The van der Waals surface area contributed by atoms with Crippen LogP contribution in [0.5, 0.6) is 0 Å². The van der Waals surface area contributed by atoms with Crippen molar-refractivity contribution in [2.75, 3.05) is 5.73 Å². The van der Waals surface area contributed by atoms with Crippen molar-refractivity contribution in [3.05, 3.63) is 44.8 Å². The molecule has 0 fully saturated rings. The van der Waals surface area contributed by atoms with E-state index in [2.05, 4.69) is 26.3 Å². The van der Waals surface area contributed by atoms with Crippen LogP contribution in [0, 0.1) is 0 Å². The summed E-state index contributed by atoms with van der Waals surface area (Å²) in [5.74, 6) is 0. The number of thiophene rings is 1. The Hall–Kier alpha value is -0.870. The third kappa shape index (κ3) is 1.96. The maximum absolute atomic E-state index is 5.84. The van der Waals surface area contributed by atoms with Crippen LogP contribution in [-0.2, 0) is 6.42 Å². The highest BCUT2D eigenvalue weighted by Crippen LogP contribution is 2.26. The molecular weight excluding hydrogens is 260 g/mol. The first kappa shape index (κ1) is 9.68. The molecule has 2 aromatic rings. The summed E-state index contributed by atoms with van der Waals surface area (Å²) in [7, 11) is 0. The Morgan fingerprint density at radius 1 is 1.43 bits per heavy atom. The number of rotatable bonds is 2. The van der Waals surface area contributed by atoms with Crippen molar-refractivity contribution in [1.82, 2.24) is 4.98 Å². The zero-order chi connectivity index (χ0) is 9.97. The summed E-state index contributed by atoms with van der Waals surface area (Å²) in [6.07, 6.45) is 4.38. The summed E-state index contributed by atoms with van der Waals surface area (Å²) in [6, 6.07) is 3.88. The average molecular weight is 269 g/mol. The molecule has 0 aliphatic carbocycles. The van der Waals surface area contributed by atoms with E-state index in [-0.39, 0.29) is 0 Å². The molecule has 0 radical (unpaired) electrons. The molecule has 0 spiro atoms. The van der Waals surface area contributed by atoms with Crippen LogP contribution < -0.4 is 5.73 Å². The molecule has 0 amide bonds. The van der Waals surface area contributed by atoms with Crippen LogP contribution in [0.25, 0.3) is 0 Å². The number of hydrogen-bond donors (Lipinski definition) is 1. The summed E-state index contributed by atoms with van der Waals surface area (Å²) >= 11 is 5.22. The summed E-state index contributed by atoms with van der Waals surface area (Å²) in [6.45, 7) is 0. The molecule has 0 aliphatic heterocycles. The molecule has 2 rings (SSSR count). The molecule has 0 saturated carbocycles. The van der Waals surface area contributed by atoms with Gasteiger partial charge in [-0.05, 0) is 39.0 Å². The lowest BCUT2D eigenvalue weighted by Crippen LogP contribution is -1.95. The van der Waals surface area contributed by atoms with Gasteiger partial charge in [-0.15, -0.1) is 11.3 Å². The van der Waals surface area contributed by atoms with Crippen LogP contribution in [0.2, 0.25) is 0 Å². The molecule has 2 N–H and O–H groups in total. The van der Waals surface area contributed by atoms with E-state index in [9.17, 15) is 0 Å². The summed E-state index contributed by atoms with van der Waals surface area (Å²) in [4.78, 5) is 5.35. The van der Waals surface area contributed by atoms with Gasteiger partial charge in [-0.25, -0.2) is 0 Å². The molecule has 0 unspecified atom stereocenters. The quantitative estimate of drug-likeness (QED) is 0.909. The molecule has 0 aromatic carbocycles. The van der Waals surface area contributed by atoms with Crippen molar-refractivity contribution in [2.45, 2.75) is 6.42 Å². The largest absolute Gasteiger partial charge is 0.398 e. The molecular formula is C10H9BrN2S. The number of nitrogens with zero attached hydrogens (tertiary/aromatic N) is 1. The predicted molar refractivity (Wildman–Crippen MR) is 63.5 cm³/mol. The number of nitrogen functional groups attached to an aromatic ring is 1. The fourth-order valence-corrected chi connectivity index (χ4v) is 2.73. The zero-order valence-corrected chi connectivity index (χ0v) is 9.81. The van der Waals surface area contributed by atoms with Crippen molar-refractivity contribution < 1.29 is 0 Å². The average Bonchev–Trinajstić information content (AvgIpc) is 2.56. The normalized spacial score (nSPS) is 10.4. The molecule has 0 saturated heterocycles. The Morgan fingerprint density at radius 3 is 2.93 bits per heavy atom. The van der Waals surface area contributed by atoms with Gasteiger partial charge in [0.2, 0.25) is 0 Å². The minimum absolute atomic E-state index is 0.806. The van der Waals surface area contributed by atoms with Gasteiger partial charge in [-0.3, -0.25) is 4.98 Å². The van der Waals surface area contributed by atoms with E-state index in [1.54, 1.807) is 17.5 Å². The maximum Gasteiger partial charge on any atom is 0.0381 e. The van der Waals surface area contributed by atoms with Crippen LogP contribution in [0.15, 0.2) is 34.4 Å². The highest BCUT2D eigenvalue weighted by Gasteiger charge is 2.05. The monoisotopic (exact) mass is 268 g/mol. The number of anilines is 1. The first-order valence-electron chi connectivity index (χ1n) is 4.17. The second kappa shape index (κ2) is 4.11. The van der Waals surface area contributed by atoms with E-state index in [1.807, 2.05) is 18.3 Å². The van der Waals surface area contributed by atoms with E-state index < -0.39 is 0 Å². The number of aromatic nitrogens is 1. The Kier molecular flexibility index (Phi) is 2.84. The Labute approximate surface area is 94.9 Å². The van der Waals surface area contributed by atoms with Crippen molar-refractivity contribution in [1.29, 1.82) is 0 Å². The first-order valence-corrected chi connectivity index (χ1v) is 5.85. The van der Waals surface area contributed by atoms with E-state index in [4.69, 9.17) is 5.73 Å². The Bertz CT molecular complexity index is 439. The molecule has 14 heavy (non-hydrogen) atoms. The van der Waals surface area contributed by atoms with Crippen molar-refractivity contribution in [3.8, 4) is 0 Å².